The van der Waals surface area contributed by atoms with Crippen molar-refractivity contribution in [1.29, 1.82) is 0 Å². The topological polar surface area (TPSA) is 13.1 Å². The first kappa shape index (κ1) is 15.5. The van der Waals surface area contributed by atoms with Gasteiger partial charge in [-0.1, -0.05) is 145 Å². The third-order valence-electron chi connectivity index (χ3n) is 8.09. The monoisotopic (exact) mass is 557 g/mol. The van der Waals surface area contributed by atoms with Crippen molar-refractivity contribution in [2.24, 2.45) is 0 Å². The number of benzene rings is 8. The van der Waals surface area contributed by atoms with E-state index in [-0.39, 0.29) is 44.7 Å². The molecule has 0 saturated heterocycles. The number of fused-ring (bicyclic) bond motifs is 6. The first-order chi connectivity index (χ1) is 25.9. The molecule has 0 fully saturated rings. The number of furan rings is 1. The minimum Gasteiger partial charge on any atom is -0.455 e. The van der Waals surface area contributed by atoms with E-state index in [4.69, 9.17) is 16.8 Å². The van der Waals surface area contributed by atoms with Crippen LogP contribution < -0.4 is 0 Å². The van der Waals surface area contributed by atoms with Crippen LogP contribution >= 0.6 is 0 Å². The lowest BCUT2D eigenvalue weighted by Crippen LogP contribution is -1.91. The average Bonchev–Trinajstić information content (AvgIpc) is 3.58. The summed E-state index contributed by atoms with van der Waals surface area (Å²) in [5.41, 5.74) is 1.54. The molecule has 9 aromatic rings. The van der Waals surface area contributed by atoms with Crippen LogP contribution in [-0.4, -0.2) is 0 Å². The Morgan fingerprint density at radius 1 is 0.442 bits per heavy atom. The van der Waals surface area contributed by atoms with Crippen LogP contribution in [0.3, 0.4) is 0 Å². The third-order valence-corrected chi connectivity index (χ3v) is 8.09. The average molecular weight is 558 g/mol. The van der Waals surface area contributed by atoms with Gasteiger partial charge in [-0.25, -0.2) is 0 Å². The highest BCUT2D eigenvalue weighted by Gasteiger charge is 2.21. The van der Waals surface area contributed by atoms with Crippen LogP contribution in [0.4, 0.5) is 0 Å². The Hall–Kier alpha value is -5.66. The minimum atomic E-state index is -0.649. The van der Waals surface area contributed by atoms with Gasteiger partial charge in [-0.3, -0.25) is 0 Å². The largest absolute Gasteiger partial charge is 0.455 e. The van der Waals surface area contributed by atoms with E-state index in [2.05, 4.69) is 30.3 Å². The molecule has 0 aliphatic heterocycles. The molecule has 1 heteroatoms. The van der Waals surface area contributed by atoms with Crippen molar-refractivity contribution < 1.29 is 19.5 Å². The maximum Gasteiger partial charge on any atom is 0.143 e. The van der Waals surface area contributed by atoms with E-state index in [9.17, 15) is 2.74 Å². The molecule has 0 radical (unpaired) electrons. The molecule has 9 rings (SSSR count). The zero-order chi connectivity index (χ0) is 37.9. The second-order valence-electron chi connectivity index (χ2n) is 10.4. The van der Waals surface area contributed by atoms with E-state index in [1.807, 2.05) is 60.7 Å². The Morgan fingerprint density at radius 3 is 1.81 bits per heavy atom. The highest BCUT2D eigenvalue weighted by molar-refractivity contribution is 6.26. The molecule has 0 spiro atoms. The molecule has 0 atom stereocenters. The summed E-state index contributed by atoms with van der Waals surface area (Å²) in [6, 6.07) is 23.8. The Bertz CT molecular complexity index is 3040. The van der Waals surface area contributed by atoms with E-state index in [0.717, 1.165) is 43.4 Å². The van der Waals surface area contributed by atoms with Crippen LogP contribution in [0.1, 0.15) is 15.1 Å². The van der Waals surface area contributed by atoms with Gasteiger partial charge in [0.15, 0.2) is 0 Å². The molecule has 200 valence electrons. The fourth-order valence-corrected chi connectivity index (χ4v) is 6.27. The van der Waals surface area contributed by atoms with Gasteiger partial charge >= 0.3 is 0 Å². The molecule has 0 amide bonds. The smallest absolute Gasteiger partial charge is 0.143 e. The Kier molecular flexibility index (Phi) is 3.41. The van der Waals surface area contributed by atoms with Crippen molar-refractivity contribution in [2.45, 2.75) is 0 Å². The number of hydrogen-bond donors (Lipinski definition) is 0. The summed E-state index contributed by atoms with van der Waals surface area (Å²) in [5, 5.41) is 5.34. The van der Waals surface area contributed by atoms with Gasteiger partial charge < -0.3 is 4.42 Å². The van der Waals surface area contributed by atoms with E-state index >= 15 is 0 Å². The van der Waals surface area contributed by atoms with Crippen molar-refractivity contribution in [3.05, 3.63) is 157 Å². The second-order valence-corrected chi connectivity index (χ2v) is 10.4. The summed E-state index contributed by atoms with van der Waals surface area (Å²) in [7, 11) is 0. The van der Waals surface area contributed by atoms with Gasteiger partial charge in [-0.2, -0.15) is 0 Å². The van der Waals surface area contributed by atoms with Crippen LogP contribution in [0.2, 0.25) is 0 Å². The van der Waals surface area contributed by atoms with Crippen LogP contribution in [0.25, 0.3) is 87.6 Å². The first-order valence-corrected chi connectivity index (χ1v) is 13.9. The van der Waals surface area contributed by atoms with Crippen molar-refractivity contribution in [2.75, 3.05) is 0 Å². The maximum absolute atomic E-state index is 9.44. The van der Waals surface area contributed by atoms with E-state index in [1.165, 1.54) is 0 Å². The summed E-state index contributed by atoms with van der Waals surface area (Å²) in [6.45, 7) is 0. The molecular weight excluding hydrogens is 520 g/mol. The first-order valence-electron chi connectivity index (χ1n) is 19.4. The van der Waals surface area contributed by atoms with Crippen molar-refractivity contribution in [1.82, 2.24) is 0 Å². The summed E-state index contributed by atoms with van der Waals surface area (Å²) in [4.78, 5) is 0. The molecule has 0 N–H and O–H groups in total. The van der Waals surface area contributed by atoms with Crippen LogP contribution in [0.5, 0.6) is 0 Å². The van der Waals surface area contributed by atoms with Gasteiger partial charge in [0.1, 0.15) is 11.2 Å². The van der Waals surface area contributed by atoms with Crippen LogP contribution in [0, 0.1) is 0 Å². The standard InChI is InChI=1S/C42H26O/c1-2-13-28(14-3-1)31-20-10-22-37-41-36(21-11-23-38(41)43-42(31)37)40-34-18-8-6-16-32(34)39(33-17-7-9-19-35(33)40)30-25-24-27-12-4-5-15-29(27)26-30/h1-26H/i1D,2D,3D,10D,11D,13D,14D,20D,21D,22D,23D. The van der Waals surface area contributed by atoms with E-state index < -0.39 is 60.4 Å². The fourth-order valence-electron chi connectivity index (χ4n) is 6.27. The predicted octanol–water partition coefficient (Wildman–Crippen LogP) is 12.0. The normalized spacial score (nSPS) is 15.3. The number of hydrogen-bond acceptors (Lipinski definition) is 1. The lowest BCUT2D eigenvalue weighted by molar-refractivity contribution is 0.670. The van der Waals surface area contributed by atoms with Crippen LogP contribution in [0.15, 0.2) is 162 Å². The lowest BCUT2D eigenvalue weighted by atomic mass is 9.84. The third kappa shape index (κ3) is 3.65. The highest BCUT2D eigenvalue weighted by atomic mass is 16.3. The fraction of sp³-hybridized carbons (Fsp3) is 0. The Morgan fingerprint density at radius 2 is 1.07 bits per heavy atom. The van der Waals surface area contributed by atoms with Crippen molar-refractivity contribution in [3.8, 4) is 33.4 Å². The minimum absolute atomic E-state index is 0.0587. The predicted molar refractivity (Wildman–Crippen MR) is 183 cm³/mol. The molecule has 0 aliphatic rings. The number of rotatable bonds is 3. The molecular formula is C42H26O. The maximum atomic E-state index is 9.44. The zero-order valence-electron chi connectivity index (χ0n) is 33.6. The summed E-state index contributed by atoms with van der Waals surface area (Å²) >= 11 is 0. The van der Waals surface area contributed by atoms with E-state index in [1.54, 1.807) is 0 Å². The number of para-hydroxylation sites is 1. The molecule has 0 saturated carbocycles. The molecule has 43 heavy (non-hydrogen) atoms. The van der Waals surface area contributed by atoms with Gasteiger partial charge in [-0.05, 0) is 72.2 Å². The van der Waals surface area contributed by atoms with Gasteiger partial charge in [0.2, 0.25) is 0 Å². The van der Waals surface area contributed by atoms with Gasteiger partial charge in [0, 0.05) is 16.3 Å². The Balaban J connectivity index is 1.49. The molecule has 8 aromatic carbocycles. The molecule has 0 unspecified atom stereocenters. The summed E-state index contributed by atoms with van der Waals surface area (Å²) in [6.07, 6.45) is 0. The molecule has 1 nitrogen and oxygen atoms in total. The van der Waals surface area contributed by atoms with Gasteiger partial charge in [0.25, 0.3) is 0 Å². The molecule has 1 aromatic heterocycles. The summed E-state index contributed by atoms with van der Waals surface area (Å²) < 4.78 is 103. The SMILES string of the molecule is [2H]c1c([2H])c([2H])c(-c2c([2H])c([2H])c([2H])c3c2oc2c([2H])c([2H])c([2H])c(-c4c5ccccc5c(-c5ccc6ccccc6c5)c5ccccc45)c23)c([2H])c1[2H]. The van der Waals surface area contributed by atoms with Gasteiger partial charge in [-0.15, -0.1) is 0 Å². The van der Waals surface area contributed by atoms with Crippen molar-refractivity contribution >= 4 is 54.3 Å². The molecule has 0 bridgehead atoms. The van der Waals surface area contributed by atoms with Gasteiger partial charge in [0.05, 0.1) is 15.1 Å². The van der Waals surface area contributed by atoms with Crippen LogP contribution in [-0.2, 0) is 0 Å². The lowest BCUT2D eigenvalue weighted by Gasteiger charge is -2.18. The van der Waals surface area contributed by atoms with Crippen molar-refractivity contribution in [3.63, 3.8) is 0 Å². The quantitative estimate of drug-likeness (QED) is 0.197. The molecule has 1 heterocycles. The zero-order valence-corrected chi connectivity index (χ0v) is 22.6. The second kappa shape index (κ2) is 9.44. The highest BCUT2D eigenvalue weighted by Crippen LogP contribution is 2.47. The summed E-state index contributed by atoms with van der Waals surface area (Å²) in [5.74, 6) is 0. The molecule has 0 aliphatic carbocycles. The Labute approximate surface area is 264 Å². The van der Waals surface area contributed by atoms with E-state index in [0.29, 0.717) is 5.56 Å².